The maximum Gasteiger partial charge on any atom is 0.311 e. The Kier molecular flexibility index (Phi) is 3.92. The van der Waals surface area contributed by atoms with Crippen molar-refractivity contribution in [1.29, 1.82) is 0 Å². The fourth-order valence-electron chi connectivity index (χ4n) is 1.19. The minimum atomic E-state index is -0.605. The second-order valence-electron chi connectivity index (χ2n) is 2.88. The third-order valence-corrected chi connectivity index (χ3v) is 1.77. The summed E-state index contributed by atoms with van der Waals surface area (Å²) in [4.78, 5) is 10.7. The van der Waals surface area contributed by atoms with Gasteiger partial charge in [0.05, 0.1) is 14.0 Å². The minimum Gasteiger partial charge on any atom is -0.493 e. The molecule has 0 amide bonds. The van der Waals surface area contributed by atoms with E-state index in [9.17, 15) is 4.79 Å². The van der Waals surface area contributed by atoms with Crippen molar-refractivity contribution in [2.24, 2.45) is 0 Å². The maximum atomic E-state index is 10.7. The lowest BCUT2D eigenvalue weighted by atomic mass is 10.2. The molecule has 1 radical (unpaired) electrons. The Labute approximate surface area is 89.3 Å². The predicted molar refractivity (Wildman–Crippen MR) is 58.7 cm³/mol. The van der Waals surface area contributed by atoms with E-state index < -0.39 is 5.97 Å². The zero-order chi connectivity index (χ0) is 11.3. The van der Waals surface area contributed by atoms with Gasteiger partial charge in [-0.2, -0.15) is 0 Å². The molecule has 15 heavy (non-hydrogen) atoms. The highest BCUT2D eigenvalue weighted by atomic mass is 16.6. The van der Waals surface area contributed by atoms with Crippen LogP contribution in [0.4, 0.5) is 0 Å². The third-order valence-electron chi connectivity index (χ3n) is 1.77. The normalized spacial score (nSPS) is 10.3. The quantitative estimate of drug-likeness (QED) is 0.561. The number of hydrogen-bond donors (Lipinski definition) is 0. The molecule has 0 atom stereocenters. The van der Waals surface area contributed by atoms with Gasteiger partial charge in [0.15, 0.2) is 11.5 Å². The molecule has 0 aromatic heterocycles. The van der Waals surface area contributed by atoms with Crippen LogP contribution < -0.4 is 9.47 Å². The second-order valence-corrected chi connectivity index (χ2v) is 2.88. The van der Waals surface area contributed by atoms with Gasteiger partial charge in [-0.15, -0.1) is 0 Å². The molecule has 0 bridgehead atoms. The first-order valence-corrected chi connectivity index (χ1v) is 4.52. The zero-order valence-electron chi connectivity index (χ0n) is 8.82. The van der Waals surface area contributed by atoms with Gasteiger partial charge in [-0.25, -0.2) is 0 Å². The predicted octanol–water partition coefficient (Wildman–Crippen LogP) is 2.47. The summed E-state index contributed by atoms with van der Waals surface area (Å²) in [6.07, 6.45) is 3.85. The molecule has 79 valence electrons. The van der Waals surface area contributed by atoms with Crippen LogP contribution in [0, 0.1) is 6.92 Å². The van der Waals surface area contributed by atoms with Crippen LogP contribution in [0.15, 0.2) is 24.3 Å². The first-order valence-electron chi connectivity index (χ1n) is 4.52. The van der Waals surface area contributed by atoms with E-state index in [1.165, 1.54) is 7.11 Å². The topological polar surface area (TPSA) is 35.5 Å². The fraction of sp³-hybridized carbons (Fsp3) is 0.167. The average Bonchev–Trinajstić information content (AvgIpc) is 2.20. The molecular weight excluding hydrogens is 192 g/mol. The first-order chi connectivity index (χ1) is 7.17. The van der Waals surface area contributed by atoms with Gasteiger partial charge in [0.2, 0.25) is 0 Å². The molecule has 3 heteroatoms. The lowest BCUT2D eigenvalue weighted by Gasteiger charge is -2.08. The molecule has 0 N–H and O–H groups in total. The van der Waals surface area contributed by atoms with Gasteiger partial charge in [-0.1, -0.05) is 18.2 Å². The summed E-state index contributed by atoms with van der Waals surface area (Å²) in [5.74, 6) is 0.292. The van der Waals surface area contributed by atoms with Crippen molar-refractivity contribution in [1.82, 2.24) is 0 Å². The molecule has 0 saturated carbocycles. The number of methoxy groups -OCH3 is 1. The Balaban J connectivity index is 3.03. The molecule has 1 rings (SSSR count). The monoisotopic (exact) mass is 205 g/mol. The molecular formula is C12H13O3. The molecule has 3 nitrogen and oxygen atoms in total. The molecule has 0 saturated heterocycles. The summed E-state index contributed by atoms with van der Waals surface area (Å²) in [5, 5.41) is 0. The average molecular weight is 205 g/mol. The van der Waals surface area contributed by atoms with Gasteiger partial charge in [-0.05, 0) is 24.6 Å². The summed E-state index contributed by atoms with van der Waals surface area (Å²) >= 11 is 0. The fourth-order valence-corrected chi connectivity index (χ4v) is 1.19. The molecule has 1 aromatic carbocycles. The Morgan fingerprint density at radius 1 is 1.40 bits per heavy atom. The lowest BCUT2D eigenvalue weighted by molar-refractivity contribution is -0.129. The van der Waals surface area contributed by atoms with Gasteiger partial charge in [0.25, 0.3) is 0 Å². The Morgan fingerprint density at radius 3 is 2.67 bits per heavy atom. The van der Waals surface area contributed by atoms with Gasteiger partial charge in [-0.3, -0.25) is 4.79 Å². The van der Waals surface area contributed by atoms with Crippen LogP contribution in [0.25, 0.3) is 6.08 Å². The second kappa shape index (κ2) is 5.20. The van der Waals surface area contributed by atoms with Crippen molar-refractivity contribution in [3.63, 3.8) is 0 Å². The SMILES string of the molecule is [CH2]C(=O)Oc1ccc(/C=C/C)cc1OC. The van der Waals surface area contributed by atoms with E-state index in [-0.39, 0.29) is 0 Å². The number of benzene rings is 1. The van der Waals surface area contributed by atoms with Crippen molar-refractivity contribution < 1.29 is 14.3 Å². The van der Waals surface area contributed by atoms with Crippen LogP contribution in [0.5, 0.6) is 11.5 Å². The molecule has 0 aliphatic rings. The lowest BCUT2D eigenvalue weighted by Crippen LogP contribution is -2.03. The number of carbonyl (C=O) groups excluding carboxylic acids is 1. The van der Waals surface area contributed by atoms with E-state index in [1.807, 2.05) is 25.1 Å². The van der Waals surface area contributed by atoms with E-state index >= 15 is 0 Å². The van der Waals surface area contributed by atoms with E-state index in [0.717, 1.165) is 5.56 Å². The Hall–Kier alpha value is -1.77. The van der Waals surface area contributed by atoms with E-state index in [0.29, 0.717) is 11.5 Å². The largest absolute Gasteiger partial charge is 0.493 e. The smallest absolute Gasteiger partial charge is 0.311 e. The van der Waals surface area contributed by atoms with Crippen molar-refractivity contribution in [2.75, 3.05) is 7.11 Å². The molecule has 1 aromatic rings. The van der Waals surface area contributed by atoms with Crippen LogP contribution >= 0.6 is 0 Å². The highest BCUT2D eigenvalue weighted by molar-refractivity contribution is 5.77. The summed E-state index contributed by atoms with van der Waals surface area (Å²) in [7, 11) is 1.52. The summed E-state index contributed by atoms with van der Waals surface area (Å²) in [5.41, 5.74) is 0.984. The Bertz CT molecular complexity index is 380. The van der Waals surface area contributed by atoms with Crippen LogP contribution in [0.2, 0.25) is 0 Å². The van der Waals surface area contributed by atoms with Crippen molar-refractivity contribution in [3.05, 3.63) is 36.8 Å². The highest BCUT2D eigenvalue weighted by Gasteiger charge is 2.06. The van der Waals surface area contributed by atoms with E-state index in [1.54, 1.807) is 12.1 Å². The molecule has 0 unspecified atom stereocenters. The number of allylic oxidation sites excluding steroid dienone is 1. The van der Waals surface area contributed by atoms with Gasteiger partial charge in [0.1, 0.15) is 0 Å². The Morgan fingerprint density at radius 2 is 2.13 bits per heavy atom. The van der Waals surface area contributed by atoms with E-state index in [4.69, 9.17) is 9.47 Å². The zero-order valence-corrected chi connectivity index (χ0v) is 8.82. The first kappa shape index (κ1) is 11.3. The summed E-state index contributed by atoms with van der Waals surface area (Å²) in [6.45, 7) is 5.06. The van der Waals surface area contributed by atoms with Crippen LogP contribution in [0.1, 0.15) is 12.5 Å². The minimum absolute atomic E-state index is 0.380. The van der Waals surface area contributed by atoms with Crippen LogP contribution in [0.3, 0.4) is 0 Å². The molecule has 0 fully saturated rings. The number of rotatable bonds is 3. The highest BCUT2D eigenvalue weighted by Crippen LogP contribution is 2.28. The van der Waals surface area contributed by atoms with Gasteiger partial charge in [0, 0.05) is 0 Å². The van der Waals surface area contributed by atoms with Gasteiger partial charge < -0.3 is 9.47 Å². The van der Waals surface area contributed by atoms with Crippen LogP contribution in [-0.4, -0.2) is 13.1 Å². The van der Waals surface area contributed by atoms with Gasteiger partial charge >= 0.3 is 5.97 Å². The number of carbonyl (C=O) groups is 1. The maximum absolute atomic E-state index is 10.7. The standard InChI is InChI=1S/C12H13O3/c1-4-5-10-6-7-11(15-9(2)13)12(8-10)14-3/h4-8H,2H2,1,3H3/b5-4+. The molecule has 0 heterocycles. The summed E-state index contributed by atoms with van der Waals surface area (Å²) < 4.78 is 9.96. The van der Waals surface area contributed by atoms with Crippen molar-refractivity contribution in [2.45, 2.75) is 6.92 Å². The number of esters is 1. The molecule has 0 aliphatic carbocycles. The molecule has 0 aliphatic heterocycles. The number of ether oxygens (including phenoxy) is 2. The van der Waals surface area contributed by atoms with Crippen LogP contribution in [-0.2, 0) is 4.79 Å². The van der Waals surface area contributed by atoms with Crippen molar-refractivity contribution in [3.8, 4) is 11.5 Å². The number of hydrogen-bond acceptors (Lipinski definition) is 3. The summed E-state index contributed by atoms with van der Waals surface area (Å²) in [6, 6.07) is 5.30. The van der Waals surface area contributed by atoms with Crippen molar-refractivity contribution >= 4 is 12.0 Å². The van der Waals surface area contributed by atoms with E-state index in [2.05, 4.69) is 6.92 Å². The molecule has 0 spiro atoms. The third kappa shape index (κ3) is 3.13.